The van der Waals surface area contributed by atoms with Gasteiger partial charge in [-0.15, -0.1) is 5.10 Å². The van der Waals surface area contributed by atoms with Crippen molar-refractivity contribution < 1.29 is 0 Å². The molecule has 0 saturated carbocycles. The van der Waals surface area contributed by atoms with E-state index in [1.807, 2.05) is 49.5 Å². The van der Waals surface area contributed by atoms with Crippen LogP contribution in [0.15, 0.2) is 53.7 Å². The lowest BCUT2D eigenvalue weighted by molar-refractivity contribution is 0.776. The van der Waals surface area contributed by atoms with Crippen LogP contribution in [0.4, 0.5) is 0 Å². The van der Waals surface area contributed by atoms with Crippen LogP contribution < -0.4 is 0 Å². The summed E-state index contributed by atoms with van der Waals surface area (Å²) in [7, 11) is 2.01. The molecule has 0 atom stereocenters. The van der Waals surface area contributed by atoms with E-state index in [1.165, 1.54) is 0 Å². The normalized spacial score (nSPS) is 11.2. The zero-order chi connectivity index (χ0) is 16.5. The first kappa shape index (κ1) is 15.2. The molecule has 8 heteroatoms. The van der Waals surface area contributed by atoms with Crippen LogP contribution in [0.3, 0.4) is 0 Å². The van der Waals surface area contributed by atoms with Gasteiger partial charge in [-0.2, -0.15) is 4.68 Å². The molecule has 0 N–H and O–H groups in total. The molecular formula is C16H13ClN6S. The Bertz CT molecular complexity index is 991. The minimum Gasteiger partial charge on any atom is -0.322 e. The molecule has 0 spiro atoms. The third-order valence-corrected chi connectivity index (χ3v) is 4.96. The molecule has 4 rings (SSSR count). The molecule has 2 heterocycles. The van der Waals surface area contributed by atoms with Crippen molar-refractivity contribution in [2.45, 2.75) is 10.9 Å². The highest BCUT2D eigenvalue weighted by molar-refractivity contribution is 7.98. The van der Waals surface area contributed by atoms with Crippen molar-refractivity contribution in [2.24, 2.45) is 7.05 Å². The van der Waals surface area contributed by atoms with Crippen LogP contribution in [-0.2, 0) is 12.8 Å². The fraction of sp³-hybridized carbons (Fsp3) is 0.125. The third-order valence-electron chi connectivity index (χ3n) is 3.68. The van der Waals surface area contributed by atoms with Crippen LogP contribution in [0.2, 0.25) is 5.02 Å². The van der Waals surface area contributed by atoms with Crippen LogP contribution in [0.25, 0.3) is 16.7 Å². The first-order valence-corrected chi connectivity index (χ1v) is 8.66. The van der Waals surface area contributed by atoms with Gasteiger partial charge in [0.2, 0.25) is 0 Å². The van der Waals surface area contributed by atoms with E-state index in [0.717, 1.165) is 27.7 Å². The fourth-order valence-corrected chi connectivity index (χ4v) is 3.48. The van der Waals surface area contributed by atoms with Gasteiger partial charge in [-0.25, -0.2) is 4.98 Å². The molecule has 2 aromatic carbocycles. The number of thioether (sulfide) groups is 1. The minimum atomic E-state index is 0.618. The van der Waals surface area contributed by atoms with Crippen molar-refractivity contribution >= 4 is 34.4 Å². The molecule has 0 radical (unpaired) electrons. The first-order valence-electron chi connectivity index (χ1n) is 7.30. The number of halogens is 1. The van der Waals surface area contributed by atoms with E-state index in [0.29, 0.717) is 10.8 Å². The van der Waals surface area contributed by atoms with Crippen molar-refractivity contribution in [3.05, 3.63) is 59.4 Å². The van der Waals surface area contributed by atoms with Gasteiger partial charge in [-0.3, -0.25) is 0 Å². The monoisotopic (exact) mass is 356 g/mol. The summed E-state index contributed by atoms with van der Waals surface area (Å²) in [5, 5.41) is 13.6. The van der Waals surface area contributed by atoms with Crippen LogP contribution in [0.5, 0.6) is 0 Å². The molecule has 4 aromatic rings. The van der Waals surface area contributed by atoms with E-state index in [-0.39, 0.29) is 0 Å². The zero-order valence-electron chi connectivity index (χ0n) is 12.8. The average Bonchev–Trinajstić information content (AvgIpc) is 3.19. The number of fused-ring (bicyclic) bond motifs is 1. The number of rotatable bonds is 4. The third kappa shape index (κ3) is 2.76. The summed E-state index contributed by atoms with van der Waals surface area (Å²) in [4.78, 5) is 4.66. The molecule has 2 aromatic heterocycles. The van der Waals surface area contributed by atoms with Gasteiger partial charge in [0.05, 0.1) is 22.5 Å². The Morgan fingerprint density at radius 1 is 1.08 bits per heavy atom. The molecule has 0 unspecified atom stereocenters. The number of benzene rings is 2. The molecular weight excluding hydrogens is 344 g/mol. The predicted molar refractivity (Wildman–Crippen MR) is 94.4 cm³/mol. The summed E-state index contributed by atoms with van der Waals surface area (Å²) in [5.41, 5.74) is 2.97. The van der Waals surface area contributed by atoms with Gasteiger partial charge in [0, 0.05) is 12.1 Å². The first-order chi connectivity index (χ1) is 11.7. The van der Waals surface area contributed by atoms with Crippen molar-refractivity contribution in [1.29, 1.82) is 0 Å². The van der Waals surface area contributed by atoms with Crippen molar-refractivity contribution in [1.82, 2.24) is 29.8 Å². The van der Waals surface area contributed by atoms with E-state index in [2.05, 4.69) is 31.1 Å². The molecule has 0 aliphatic heterocycles. The van der Waals surface area contributed by atoms with Gasteiger partial charge < -0.3 is 4.57 Å². The number of tetrazole rings is 1. The summed E-state index contributed by atoms with van der Waals surface area (Å²) in [6, 6.07) is 15.5. The lowest BCUT2D eigenvalue weighted by atomic mass is 10.3. The molecule has 0 saturated heterocycles. The maximum Gasteiger partial charge on any atom is 0.169 e. The second-order valence-corrected chi connectivity index (χ2v) is 6.59. The second-order valence-electron chi connectivity index (χ2n) is 5.21. The zero-order valence-corrected chi connectivity index (χ0v) is 14.4. The molecule has 0 aliphatic carbocycles. The molecule has 6 nitrogen and oxygen atoms in total. The van der Waals surface area contributed by atoms with E-state index < -0.39 is 0 Å². The number of aryl methyl sites for hydroxylation is 1. The van der Waals surface area contributed by atoms with Gasteiger partial charge in [-0.1, -0.05) is 35.5 Å². The highest BCUT2D eigenvalue weighted by Gasteiger charge is 2.12. The number of nitrogens with zero attached hydrogens (tertiary/aromatic N) is 6. The Hall–Kier alpha value is -2.38. The van der Waals surface area contributed by atoms with E-state index >= 15 is 0 Å². The Kier molecular flexibility index (Phi) is 3.95. The largest absolute Gasteiger partial charge is 0.322 e. The standard InChI is InChI=1S/C16H13ClN6S/c1-22-14-5-3-2-4-13(14)18-16(22)24-10-15-19-20-21-23(15)12-8-6-11(17)7-9-12/h2-9H,10H2,1H3. The van der Waals surface area contributed by atoms with Crippen molar-refractivity contribution in [3.63, 3.8) is 0 Å². The van der Waals surface area contributed by atoms with Crippen LogP contribution in [-0.4, -0.2) is 29.8 Å². The summed E-state index contributed by atoms with van der Waals surface area (Å²) >= 11 is 7.54. The summed E-state index contributed by atoms with van der Waals surface area (Å²) in [6.45, 7) is 0. The number of imidazole rings is 1. The van der Waals surface area contributed by atoms with Gasteiger partial charge in [-0.05, 0) is 46.8 Å². The number of para-hydroxylation sites is 2. The fourth-order valence-electron chi connectivity index (χ4n) is 2.46. The van der Waals surface area contributed by atoms with Gasteiger partial charge in [0.15, 0.2) is 11.0 Å². The average molecular weight is 357 g/mol. The van der Waals surface area contributed by atoms with E-state index in [9.17, 15) is 0 Å². The Morgan fingerprint density at radius 2 is 1.88 bits per heavy atom. The predicted octanol–water partition coefficient (Wildman–Crippen LogP) is 3.49. The summed E-state index contributed by atoms with van der Waals surface area (Å²) in [5.74, 6) is 1.38. The van der Waals surface area contributed by atoms with E-state index in [4.69, 9.17) is 11.6 Å². The SMILES string of the molecule is Cn1c(SCc2nnnn2-c2ccc(Cl)cc2)nc2ccccc21. The van der Waals surface area contributed by atoms with Gasteiger partial charge in [0.25, 0.3) is 0 Å². The smallest absolute Gasteiger partial charge is 0.169 e. The summed E-state index contributed by atoms with van der Waals surface area (Å²) in [6.07, 6.45) is 0. The lowest BCUT2D eigenvalue weighted by Gasteiger charge is -2.05. The maximum atomic E-state index is 5.93. The Morgan fingerprint density at radius 3 is 2.67 bits per heavy atom. The van der Waals surface area contributed by atoms with Crippen LogP contribution >= 0.6 is 23.4 Å². The van der Waals surface area contributed by atoms with Crippen molar-refractivity contribution in [2.75, 3.05) is 0 Å². The molecule has 0 aliphatic rings. The number of aromatic nitrogens is 6. The van der Waals surface area contributed by atoms with Crippen molar-refractivity contribution in [3.8, 4) is 5.69 Å². The molecule has 120 valence electrons. The highest BCUT2D eigenvalue weighted by Crippen LogP contribution is 2.25. The molecule has 0 amide bonds. The lowest BCUT2D eigenvalue weighted by Crippen LogP contribution is -2.02. The molecule has 24 heavy (non-hydrogen) atoms. The minimum absolute atomic E-state index is 0.618. The van der Waals surface area contributed by atoms with Crippen LogP contribution in [0.1, 0.15) is 5.82 Å². The number of hydrogen-bond donors (Lipinski definition) is 0. The maximum absolute atomic E-state index is 5.93. The van der Waals surface area contributed by atoms with Gasteiger partial charge >= 0.3 is 0 Å². The topological polar surface area (TPSA) is 61.4 Å². The Balaban J connectivity index is 1.59. The summed E-state index contributed by atoms with van der Waals surface area (Å²) < 4.78 is 3.79. The quantitative estimate of drug-likeness (QED) is 0.524. The van der Waals surface area contributed by atoms with E-state index in [1.54, 1.807) is 16.4 Å². The highest BCUT2D eigenvalue weighted by atomic mass is 35.5. The Labute approximate surface area is 147 Å². The van der Waals surface area contributed by atoms with Gasteiger partial charge in [0.1, 0.15) is 0 Å². The molecule has 0 bridgehead atoms. The number of hydrogen-bond acceptors (Lipinski definition) is 5. The van der Waals surface area contributed by atoms with Crippen LogP contribution in [0, 0.1) is 0 Å². The molecule has 0 fully saturated rings. The second kappa shape index (κ2) is 6.26.